The smallest absolute Gasteiger partial charge is 0.267 e. The highest BCUT2D eigenvalue weighted by molar-refractivity contribution is 7.73. The second-order valence-electron chi connectivity index (χ2n) is 5.37. The van der Waals surface area contributed by atoms with Gasteiger partial charge in [0.2, 0.25) is 0 Å². The van der Waals surface area contributed by atoms with E-state index in [1.54, 1.807) is 4.90 Å². The monoisotopic (exact) mass is 349 g/mol. The predicted molar refractivity (Wildman–Crippen MR) is 94.4 cm³/mol. The summed E-state index contributed by atoms with van der Waals surface area (Å²) in [5.41, 5.74) is 7.43. The van der Waals surface area contributed by atoms with Crippen molar-refractivity contribution in [1.29, 1.82) is 0 Å². The lowest BCUT2D eigenvalue weighted by Gasteiger charge is -2.26. The van der Waals surface area contributed by atoms with E-state index in [-0.39, 0.29) is 5.91 Å². The zero-order valence-electron chi connectivity index (χ0n) is 12.7. The van der Waals surface area contributed by atoms with Crippen molar-refractivity contribution in [1.82, 2.24) is 9.47 Å². The summed E-state index contributed by atoms with van der Waals surface area (Å²) in [6.45, 7) is 3.04. The number of benzene rings is 1. The van der Waals surface area contributed by atoms with E-state index in [9.17, 15) is 4.79 Å². The number of ether oxygens (including phenoxy) is 1. The minimum Gasteiger partial charge on any atom is -0.384 e. The van der Waals surface area contributed by atoms with Gasteiger partial charge in [-0.15, -0.1) is 0 Å². The van der Waals surface area contributed by atoms with Crippen LogP contribution in [0.5, 0.6) is 0 Å². The molecule has 1 aromatic heterocycles. The lowest BCUT2D eigenvalue weighted by molar-refractivity contribution is 0.0306. The molecule has 3 rings (SSSR count). The van der Waals surface area contributed by atoms with Crippen LogP contribution in [0.4, 0.5) is 5.82 Å². The van der Waals surface area contributed by atoms with E-state index in [0.717, 1.165) is 6.42 Å². The normalized spacial score (nSPS) is 14.9. The number of nitrogen functional groups attached to an aromatic ring is 1. The fourth-order valence-corrected chi connectivity index (χ4v) is 3.92. The van der Waals surface area contributed by atoms with Crippen LogP contribution in [-0.2, 0) is 17.7 Å². The standard InChI is InChI=1S/C16H19N3O2S2/c17-14-13(15(20)18-8-10-21-11-9-18)23-16(22)19(14)7-6-12-4-2-1-3-5-12/h1-5H,6-11,17H2. The highest BCUT2D eigenvalue weighted by Gasteiger charge is 2.24. The van der Waals surface area contributed by atoms with Crippen LogP contribution in [0.3, 0.4) is 0 Å². The molecule has 2 aromatic rings. The van der Waals surface area contributed by atoms with E-state index in [1.165, 1.54) is 16.9 Å². The zero-order valence-corrected chi connectivity index (χ0v) is 14.4. The summed E-state index contributed by atoms with van der Waals surface area (Å²) < 4.78 is 7.79. The fraction of sp³-hybridized carbons (Fsp3) is 0.375. The van der Waals surface area contributed by atoms with Crippen molar-refractivity contribution < 1.29 is 9.53 Å². The number of aryl methyl sites for hydroxylation is 1. The third-order valence-electron chi connectivity index (χ3n) is 3.89. The summed E-state index contributed by atoms with van der Waals surface area (Å²) in [4.78, 5) is 14.9. The molecule has 0 aliphatic carbocycles. The van der Waals surface area contributed by atoms with Crippen LogP contribution >= 0.6 is 23.6 Å². The largest absolute Gasteiger partial charge is 0.384 e. The molecular formula is C16H19N3O2S2. The van der Waals surface area contributed by atoms with E-state index >= 15 is 0 Å². The van der Waals surface area contributed by atoms with E-state index in [4.69, 9.17) is 22.7 Å². The highest BCUT2D eigenvalue weighted by atomic mass is 32.1. The lowest BCUT2D eigenvalue weighted by Crippen LogP contribution is -2.40. The van der Waals surface area contributed by atoms with Crippen molar-refractivity contribution >= 4 is 35.3 Å². The number of hydrogen-bond acceptors (Lipinski definition) is 5. The number of nitrogens with two attached hydrogens (primary N) is 1. The molecule has 1 saturated heterocycles. The number of anilines is 1. The lowest BCUT2D eigenvalue weighted by atomic mass is 10.1. The quantitative estimate of drug-likeness (QED) is 0.862. The molecule has 122 valence electrons. The van der Waals surface area contributed by atoms with E-state index < -0.39 is 0 Å². The molecule has 23 heavy (non-hydrogen) atoms. The Bertz CT molecular complexity index is 734. The van der Waals surface area contributed by atoms with Crippen molar-refractivity contribution in [3.8, 4) is 0 Å². The summed E-state index contributed by atoms with van der Waals surface area (Å²) in [6.07, 6.45) is 0.835. The number of nitrogens with zero attached hydrogens (tertiary/aromatic N) is 2. The van der Waals surface area contributed by atoms with Crippen LogP contribution in [-0.4, -0.2) is 41.7 Å². The molecule has 5 nitrogen and oxygen atoms in total. The van der Waals surface area contributed by atoms with Gasteiger partial charge in [0.25, 0.3) is 5.91 Å². The van der Waals surface area contributed by atoms with Gasteiger partial charge in [-0.05, 0) is 24.2 Å². The van der Waals surface area contributed by atoms with Crippen LogP contribution in [0.2, 0.25) is 0 Å². The van der Waals surface area contributed by atoms with E-state index in [1.807, 2.05) is 22.8 Å². The van der Waals surface area contributed by atoms with Crippen LogP contribution < -0.4 is 5.73 Å². The molecule has 0 unspecified atom stereocenters. The molecule has 1 amide bonds. The first-order valence-electron chi connectivity index (χ1n) is 7.57. The molecule has 0 radical (unpaired) electrons. The van der Waals surface area contributed by atoms with Gasteiger partial charge in [0.15, 0.2) is 3.95 Å². The first kappa shape index (κ1) is 16.2. The fourth-order valence-electron chi connectivity index (χ4n) is 2.58. The molecule has 0 saturated carbocycles. The number of thiazole rings is 1. The third-order valence-corrected chi connectivity index (χ3v) is 5.35. The summed E-state index contributed by atoms with van der Waals surface area (Å²) in [5.74, 6) is 0.438. The average Bonchev–Trinajstić information content (AvgIpc) is 2.88. The van der Waals surface area contributed by atoms with Crippen molar-refractivity contribution in [2.24, 2.45) is 0 Å². The molecule has 2 N–H and O–H groups in total. The second kappa shape index (κ2) is 7.25. The van der Waals surface area contributed by atoms with Gasteiger partial charge < -0.3 is 19.9 Å². The topological polar surface area (TPSA) is 60.5 Å². The Hall–Kier alpha value is -1.70. The van der Waals surface area contributed by atoms with Gasteiger partial charge in [0, 0.05) is 19.6 Å². The maximum absolute atomic E-state index is 12.6. The number of amides is 1. The Morgan fingerprint density at radius 3 is 2.65 bits per heavy atom. The molecule has 1 aliphatic rings. The number of carbonyl (C=O) groups excluding carboxylic acids is 1. The Morgan fingerprint density at radius 1 is 1.26 bits per heavy atom. The maximum atomic E-state index is 12.6. The molecule has 0 spiro atoms. The van der Waals surface area contributed by atoms with Crippen molar-refractivity contribution in [3.63, 3.8) is 0 Å². The van der Waals surface area contributed by atoms with Crippen molar-refractivity contribution in [2.75, 3.05) is 32.0 Å². The SMILES string of the molecule is Nc1c(C(=O)N2CCOCC2)sc(=S)n1CCc1ccccc1. The van der Waals surface area contributed by atoms with Crippen LogP contribution in [0, 0.1) is 3.95 Å². The van der Waals surface area contributed by atoms with Crippen molar-refractivity contribution in [2.45, 2.75) is 13.0 Å². The van der Waals surface area contributed by atoms with Crippen LogP contribution in [0.25, 0.3) is 0 Å². The number of carbonyl (C=O) groups is 1. The van der Waals surface area contributed by atoms with Gasteiger partial charge in [0.1, 0.15) is 10.7 Å². The summed E-state index contributed by atoms with van der Waals surface area (Å²) in [6, 6.07) is 10.2. The summed E-state index contributed by atoms with van der Waals surface area (Å²) in [7, 11) is 0. The number of hydrogen-bond donors (Lipinski definition) is 1. The number of rotatable bonds is 4. The van der Waals surface area contributed by atoms with E-state index in [2.05, 4.69) is 12.1 Å². The Morgan fingerprint density at radius 2 is 1.96 bits per heavy atom. The molecule has 1 fully saturated rings. The van der Waals surface area contributed by atoms with Gasteiger partial charge >= 0.3 is 0 Å². The Labute approximate surface area is 144 Å². The summed E-state index contributed by atoms with van der Waals surface area (Å²) >= 11 is 6.70. The first-order valence-corrected chi connectivity index (χ1v) is 8.79. The minimum absolute atomic E-state index is 0.0413. The van der Waals surface area contributed by atoms with Gasteiger partial charge in [-0.3, -0.25) is 4.79 Å². The highest BCUT2D eigenvalue weighted by Crippen LogP contribution is 2.24. The number of morpholine rings is 1. The molecular weight excluding hydrogens is 330 g/mol. The van der Waals surface area contributed by atoms with Gasteiger partial charge in [-0.1, -0.05) is 41.7 Å². The third kappa shape index (κ3) is 3.63. The Balaban J connectivity index is 1.76. The minimum atomic E-state index is -0.0413. The average molecular weight is 349 g/mol. The van der Waals surface area contributed by atoms with Gasteiger partial charge in [0.05, 0.1) is 13.2 Å². The maximum Gasteiger partial charge on any atom is 0.267 e. The van der Waals surface area contributed by atoms with Gasteiger partial charge in [-0.2, -0.15) is 0 Å². The predicted octanol–water partition coefficient (Wildman–Crippen LogP) is 2.58. The second-order valence-corrected chi connectivity index (χ2v) is 7.02. The van der Waals surface area contributed by atoms with Gasteiger partial charge in [-0.25, -0.2) is 0 Å². The molecule has 7 heteroatoms. The molecule has 0 atom stereocenters. The van der Waals surface area contributed by atoms with E-state index in [0.29, 0.717) is 47.5 Å². The molecule has 2 heterocycles. The zero-order chi connectivity index (χ0) is 16.2. The first-order chi connectivity index (χ1) is 11.2. The number of aromatic nitrogens is 1. The summed E-state index contributed by atoms with van der Waals surface area (Å²) in [5, 5.41) is 0. The molecule has 1 aliphatic heterocycles. The van der Waals surface area contributed by atoms with Crippen LogP contribution in [0.15, 0.2) is 30.3 Å². The van der Waals surface area contributed by atoms with Crippen molar-refractivity contribution in [3.05, 3.63) is 44.7 Å². The molecule has 1 aromatic carbocycles. The van der Waals surface area contributed by atoms with Crippen LogP contribution in [0.1, 0.15) is 15.2 Å². The Kier molecular flexibility index (Phi) is 5.09. The molecule has 0 bridgehead atoms.